The van der Waals surface area contributed by atoms with Crippen molar-refractivity contribution in [1.82, 2.24) is 9.13 Å². The summed E-state index contributed by atoms with van der Waals surface area (Å²) >= 11 is 5.85. The molecular formula is C13H14ClN3O2. The average Bonchev–Trinajstić information content (AvgIpc) is 2.63. The number of halogens is 1. The van der Waals surface area contributed by atoms with Crippen molar-refractivity contribution in [3.05, 3.63) is 45.5 Å². The van der Waals surface area contributed by atoms with Gasteiger partial charge in [0, 0.05) is 26.2 Å². The summed E-state index contributed by atoms with van der Waals surface area (Å²) in [6, 6.07) is 6.89. The molecule has 0 aliphatic carbocycles. The molecule has 0 saturated carbocycles. The zero-order valence-electron chi connectivity index (χ0n) is 10.9. The van der Waals surface area contributed by atoms with E-state index in [0.717, 1.165) is 0 Å². The molecule has 1 aromatic heterocycles. The van der Waals surface area contributed by atoms with Gasteiger partial charge in [0.15, 0.2) is 6.29 Å². The fourth-order valence-electron chi connectivity index (χ4n) is 1.99. The van der Waals surface area contributed by atoms with Gasteiger partial charge in [-0.15, -0.1) is 0 Å². The molecule has 100 valence electrons. The second kappa shape index (κ2) is 4.93. The van der Waals surface area contributed by atoms with Crippen molar-refractivity contribution >= 4 is 23.7 Å². The van der Waals surface area contributed by atoms with Crippen molar-refractivity contribution in [1.29, 1.82) is 0 Å². The Hall–Kier alpha value is -2.01. The van der Waals surface area contributed by atoms with Crippen molar-refractivity contribution in [2.24, 2.45) is 7.05 Å². The molecule has 0 radical (unpaired) electrons. The Labute approximate surface area is 115 Å². The predicted molar refractivity (Wildman–Crippen MR) is 75.7 cm³/mol. The Morgan fingerprint density at radius 2 is 1.79 bits per heavy atom. The number of aldehydes is 1. The van der Waals surface area contributed by atoms with Gasteiger partial charge in [-0.1, -0.05) is 11.6 Å². The van der Waals surface area contributed by atoms with Crippen LogP contribution < -0.4 is 10.6 Å². The van der Waals surface area contributed by atoms with Crippen LogP contribution in [0.25, 0.3) is 5.69 Å². The van der Waals surface area contributed by atoms with E-state index in [2.05, 4.69) is 0 Å². The highest BCUT2D eigenvalue weighted by Gasteiger charge is 2.19. The molecule has 0 atom stereocenters. The lowest BCUT2D eigenvalue weighted by Gasteiger charge is -2.15. The molecule has 0 aliphatic rings. The minimum absolute atomic E-state index is 0.270. The first kappa shape index (κ1) is 13.4. The lowest BCUT2D eigenvalue weighted by Crippen LogP contribution is -2.23. The number of carbonyl (C=O) groups excluding carboxylic acids is 1. The Morgan fingerprint density at radius 3 is 2.26 bits per heavy atom. The molecule has 1 heterocycles. The van der Waals surface area contributed by atoms with E-state index in [1.165, 1.54) is 9.13 Å². The number of imidazole rings is 1. The van der Waals surface area contributed by atoms with Gasteiger partial charge in [0.1, 0.15) is 11.5 Å². The second-order valence-corrected chi connectivity index (χ2v) is 4.81. The molecule has 2 rings (SSSR count). The molecule has 5 nitrogen and oxygen atoms in total. The maximum absolute atomic E-state index is 12.3. The molecule has 0 aliphatic heterocycles. The van der Waals surface area contributed by atoms with Crippen LogP contribution in [0, 0.1) is 0 Å². The number of hydrogen-bond donors (Lipinski definition) is 0. The summed E-state index contributed by atoms with van der Waals surface area (Å²) in [4.78, 5) is 25.2. The van der Waals surface area contributed by atoms with Gasteiger partial charge in [-0.2, -0.15) is 0 Å². The van der Waals surface area contributed by atoms with Gasteiger partial charge in [-0.3, -0.25) is 9.36 Å². The van der Waals surface area contributed by atoms with E-state index in [0.29, 0.717) is 28.5 Å². The minimum Gasteiger partial charge on any atom is -0.362 e. The SMILES string of the molecule is CN(C)c1c(C=O)n(C)c(=O)n1-c1ccc(Cl)cc1. The zero-order valence-corrected chi connectivity index (χ0v) is 11.7. The largest absolute Gasteiger partial charge is 0.362 e. The normalized spacial score (nSPS) is 10.5. The monoisotopic (exact) mass is 279 g/mol. The van der Waals surface area contributed by atoms with E-state index in [4.69, 9.17) is 11.6 Å². The molecule has 0 bridgehead atoms. The number of carbonyl (C=O) groups is 1. The van der Waals surface area contributed by atoms with Crippen LogP contribution in [-0.2, 0) is 7.05 Å². The van der Waals surface area contributed by atoms with Crippen LogP contribution in [0.1, 0.15) is 10.5 Å². The number of hydrogen-bond acceptors (Lipinski definition) is 3. The first-order valence-corrected chi connectivity index (χ1v) is 6.05. The van der Waals surface area contributed by atoms with Gasteiger partial charge >= 0.3 is 5.69 Å². The summed E-state index contributed by atoms with van der Waals surface area (Å²) in [6.45, 7) is 0. The van der Waals surface area contributed by atoms with Crippen LogP contribution in [0.15, 0.2) is 29.1 Å². The number of aromatic nitrogens is 2. The van der Waals surface area contributed by atoms with Gasteiger partial charge in [-0.25, -0.2) is 9.36 Å². The molecule has 19 heavy (non-hydrogen) atoms. The number of nitrogens with zero attached hydrogens (tertiary/aromatic N) is 3. The third kappa shape index (κ3) is 2.17. The molecule has 0 unspecified atom stereocenters. The molecular weight excluding hydrogens is 266 g/mol. The van der Waals surface area contributed by atoms with Gasteiger partial charge in [0.25, 0.3) is 0 Å². The maximum atomic E-state index is 12.3. The van der Waals surface area contributed by atoms with Crippen molar-refractivity contribution in [2.45, 2.75) is 0 Å². The van der Waals surface area contributed by atoms with E-state index in [1.807, 2.05) is 0 Å². The summed E-state index contributed by atoms with van der Waals surface area (Å²) in [6.07, 6.45) is 0.684. The van der Waals surface area contributed by atoms with Gasteiger partial charge < -0.3 is 4.90 Å². The molecule has 0 fully saturated rings. The van der Waals surface area contributed by atoms with E-state index < -0.39 is 0 Å². The first-order valence-electron chi connectivity index (χ1n) is 5.67. The van der Waals surface area contributed by atoms with Crippen LogP contribution in [0.2, 0.25) is 5.02 Å². The van der Waals surface area contributed by atoms with Crippen molar-refractivity contribution in [3.8, 4) is 5.69 Å². The van der Waals surface area contributed by atoms with Gasteiger partial charge in [0.05, 0.1) is 5.69 Å². The maximum Gasteiger partial charge on any atom is 0.334 e. The molecule has 2 aromatic rings. The quantitative estimate of drug-likeness (QED) is 0.804. The number of anilines is 1. The van der Waals surface area contributed by atoms with E-state index in [9.17, 15) is 9.59 Å². The van der Waals surface area contributed by atoms with E-state index in [1.54, 1.807) is 50.3 Å². The molecule has 0 amide bonds. The van der Waals surface area contributed by atoms with Gasteiger partial charge in [-0.05, 0) is 24.3 Å². The average molecular weight is 280 g/mol. The predicted octanol–water partition coefficient (Wildman–Crippen LogP) is 1.71. The smallest absolute Gasteiger partial charge is 0.334 e. The highest BCUT2D eigenvalue weighted by molar-refractivity contribution is 6.30. The highest BCUT2D eigenvalue weighted by Crippen LogP contribution is 2.21. The van der Waals surface area contributed by atoms with Crippen LogP contribution in [0.4, 0.5) is 5.82 Å². The summed E-state index contributed by atoms with van der Waals surface area (Å²) in [7, 11) is 5.15. The van der Waals surface area contributed by atoms with Crippen LogP contribution in [-0.4, -0.2) is 29.5 Å². The molecule has 0 saturated heterocycles. The summed E-state index contributed by atoms with van der Waals surface area (Å²) in [5, 5.41) is 0.592. The topological polar surface area (TPSA) is 47.2 Å². The summed E-state index contributed by atoms with van der Waals surface area (Å²) in [5.41, 5.74) is 0.736. The van der Waals surface area contributed by atoms with Crippen molar-refractivity contribution in [3.63, 3.8) is 0 Å². The molecule has 0 spiro atoms. The number of benzene rings is 1. The van der Waals surface area contributed by atoms with E-state index in [-0.39, 0.29) is 5.69 Å². The lowest BCUT2D eigenvalue weighted by atomic mass is 10.3. The van der Waals surface area contributed by atoms with Crippen molar-refractivity contribution in [2.75, 3.05) is 19.0 Å². The molecule has 1 aromatic carbocycles. The minimum atomic E-state index is -0.270. The molecule has 0 N–H and O–H groups in total. The highest BCUT2D eigenvalue weighted by atomic mass is 35.5. The Bertz CT molecular complexity index is 668. The number of rotatable bonds is 3. The second-order valence-electron chi connectivity index (χ2n) is 4.37. The first-order chi connectivity index (χ1) is 8.97. The van der Waals surface area contributed by atoms with Crippen LogP contribution in [0.5, 0.6) is 0 Å². The molecule has 6 heteroatoms. The fraction of sp³-hybridized carbons (Fsp3) is 0.231. The van der Waals surface area contributed by atoms with E-state index >= 15 is 0 Å². The summed E-state index contributed by atoms with van der Waals surface area (Å²) < 4.78 is 2.82. The third-order valence-electron chi connectivity index (χ3n) is 2.90. The zero-order chi connectivity index (χ0) is 14.2. The Morgan fingerprint density at radius 1 is 1.21 bits per heavy atom. The fourth-order valence-corrected chi connectivity index (χ4v) is 2.12. The third-order valence-corrected chi connectivity index (χ3v) is 3.15. The summed E-state index contributed by atoms with van der Waals surface area (Å²) in [5.74, 6) is 0.546. The van der Waals surface area contributed by atoms with Gasteiger partial charge in [0.2, 0.25) is 0 Å². The lowest BCUT2D eigenvalue weighted by molar-refractivity contribution is 0.111. The van der Waals surface area contributed by atoms with Crippen LogP contribution in [0.3, 0.4) is 0 Å². The standard InChI is InChI=1S/C13H14ClN3O2/c1-15(2)12-11(8-18)16(3)13(19)17(12)10-6-4-9(14)5-7-10/h4-8H,1-3H3. The van der Waals surface area contributed by atoms with Crippen LogP contribution >= 0.6 is 11.6 Å². The van der Waals surface area contributed by atoms with Crippen molar-refractivity contribution < 1.29 is 4.79 Å². The Balaban J connectivity index is 2.79. The Kier molecular flexibility index (Phi) is 3.48.